The van der Waals surface area contributed by atoms with E-state index >= 15 is 0 Å². The van der Waals surface area contributed by atoms with E-state index in [9.17, 15) is 9.59 Å². The molecule has 2 rings (SSSR count). The summed E-state index contributed by atoms with van der Waals surface area (Å²) in [6.45, 7) is 3.60. The summed E-state index contributed by atoms with van der Waals surface area (Å²) in [6.07, 6.45) is 4.53. The van der Waals surface area contributed by atoms with Crippen LogP contribution in [-0.4, -0.2) is 33.1 Å². The van der Waals surface area contributed by atoms with Gasteiger partial charge in [-0.25, -0.2) is 14.3 Å². The van der Waals surface area contributed by atoms with Gasteiger partial charge < -0.3 is 10.1 Å². The minimum atomic E-state index is -0.498. The van der Waals surface area contributed by atoms with Gasteiger partial charge in [0, 0.05) is 30.2 Å². The SMILES string of the molecule is CCOC(=O)/C=C(\C)NC(=O)c1cc2ncccn2n1. The highest BCUT2D eigenvalue weighted by Gasteiger charge is 2.11. The minimum Gasteiger partial charge on any atom is -0.463 e. The van der Waals surface area contributed by atoms with Gasteiger partial charge in [-0.1, -0.05) is 0 Å². The first-order chi connectivity index (χ1) is 9.60. The van der Waals surface area contributed by atoms with E-state index in [1.165, 1.54) is 10.6 Å². The monoisotopic (exact) mass is 274 g/mol. The summed E-state index contributed by atoms with van der Waals surface area (Å²) in [5, 5.41) is 6.64. The number of allylic oxidation sites excluding steroid dienone is 1. The molecule has 1 amide bonds. The van der Waals surface area contributed by atoms with Crippen LogP contribution >= 0.6 is 0 Å². The van der Waals surface area contributed by atoms with Crippen LogP contribution in [0.1, 0.15) is 24.3 Å². The van der Waals surface area contributed by atoms with E-state index in [4.69, 9.17) is 4.74 Å². The molecule has 2 aromatic heterocycles. The van der Waals surface area contributed by atoms with E-state index in [0.717, 1.165) is 0 Å². The maximum Gasteiger partial charge on any atom is 0.332 e. The van der Waals surface area contributed by atoms with Gasteiger partial charge in [0.15, 0.2) is 11.3 Å². The highest BCUT2D eigenvalue weighted by Crippen LogP contribution is 2.03. The van der Waals surface area contributed by atoms with Crippen molar-refractivity contribution in [3.05, 3.63) is 42.0 Å². The number of hydrogen-bond donors (Lipinski definition) is 1. The molecule has 7 nitrogen and oxygen atoms in total. The number of nitrogens with zero attached hydrogens (tertiary/aromatic N) is 3. The van der Waals surface area contributed by atoms with Crippen molar-refractivity contribution in [2.24, 2.45) is 0 Å². The largest absolute Gasteiger partial charge is 0.463 e. The Hall–Kier alpha value is -2.70. The lowest BCUT2D eigenvalue weighted by Gasteiger charge is -2.02. The molecule has 2 heterocycles. The summed E-state index contributed by atoms with van der Waals surface area (Å²) in [5.74, 6) is -0.907. The number of ether oxygens (including phenoxy) is 1. The maximum atomic E-state index is 12.0. The summed E-state index contributed by atoms with van der Waals surface area (Å²) < 4.78 is 6.25. The molecule has 0 aliphatic heterocycles. The molecule has 2 aromatic rings. The van der Waals surface area contributed by atoms with Gasteiger partial charge in [0.1, 0.15) is 0 Å². The lowest BCUT2D eigenvalue weighted by Crippen LogP contribution is -2.22. The molecular formula is C13H14N4O3. The lowest BCUT2D eigenvalue weighted by molar-refractivity contribution is -0.137. The molecule has 0 unspecified atom stereocenters. The van der Waals surface area contributed by atoms with Crippen LogP contribution in [0.3, 0.4) is 0 Å². The molecule has 0 saturated carbocycles. The normalized spacial score (nSPS) is 11.4. The number of nitrogens with one attached hydrogen (secondary N) is 1. The number of hydrogen-bond acceptors (Lipinski definition) is 5. The third-order valence-electron chi connectivity index (χ3n) is 2.40. The Balaban J connectivity index is 2.09. The highest BCUT2D eigenvalue weighted by atomic mass is 16.5. The molecule has 104 valence electrons. The Kier molecular flexibility index (Phi) is 4.09. The fourth-order valence-corrected chi connectivity index (χ4v) is 1.58. The average Bonchev–Trinajstić information content (AvgIpc) is 2.82. The quantitative estimate of drug-likeness (QED) is 0.662. The van der Waals surface area contributed by atoms with Crippen molar-refractivity contribution in [3.63, 3.8) is 0 Å². The molecule has 0 fully saturated rings. The molecule has 0 aliphatic carbocycles. The standard InChI is InChI=1S/C13H14N4O3/c1-3-20-12(18)7-9(2)15-13(19)10-8-11-14-5-4-6-17(11)16-10/h4-8H,3H2,1-2H3,(H,15,19)/b9-7+. The van der Waals surface area contributed by atoms with Crippen LogP contribution < -0.4 is 5.32 Å². The summed E-state index contributed by atoms with van der Waals surface area (Å²) in [4.78, 5) is 27.3. The van der Waals surface area contributed by atoms with Gasteiger partial charge in [-0.2, -0.15) is 5.10 Å². The van der Waals surface area contributed by atoms with Gasteiger partial charge in [-0.15, -0.1) is 0 Å². The number of carbonyl (C=O) groups is 2. The summed E-state index contributed by atoms with van der Waals surface area (Å²) in [5.41, 5.74) is 1.18. The first kappa shape index (κ1) is 13.7. The molecular weight excluding hydrogens is 260 g/mol. The second kappa shape index (κ2) is 5.96. The van der Waals surface area contributed by atoms with Crippen molar-refractivity contribution in [1.82, 2.24) is 19.9 Å². The fourth-order valence-electron chi connectivity index (χ4n) is 1.58. The molecule has 0 saturated heterocycles. The second-order valence-corrected chi connectivity index (χ2v) is 3.99. The van der Waals surface area contributed by atoms with Gasteiger partial charge in [-0.3, -0.25) is 4.79 Å². The molecule has 0 spiro atoms. The predicted octanol–water partition coefficient (Wildman–Crippen LogP) is 0.926. The Labute approximate surface area is 115 Å². The van der Waals surface area contributed by atoms with Crippen LogP contribution in [0.4, 0.5) is 0 Å². The molecule has 0 bridgehead atoms. The third-order valence-corrected chi connectivity index (χ3v) is 2.40. The van der Waals surface area contributed by atoms with Gasteiger partial charge in [-0.05, 0) is 19.9 Å². The highest BCUT2D eigenvalue weighted by molar-refractivity contribution is 5.95. The van der Waals surface area contributed by atoms with E-state index in [0.29, 0.717) is 11.3 Å². The number of rotatable bonds is 4. The van der Waals surface area contributed by atoms with Crippen molar-refractivity contribution in [3.8, 4) is 0 Å². The van der Waals surface area contributed by atoms with Crippen LogP contribution in [0.15, 0.2) is 36.3 Å². The van der Waals surface area contributed by atoms with E-state index < -0.39 is 11.9 Å². The van der Waals surface area contributed by atoms with Crippen LogP contribution in [0.5, 0.6) is 0 Å². The van der Waals surface area contributed by atoms with Gasteiger partial charge in [0.25, 0.3) is 5.91 Å². The maximum absolute atomic E-state index is 12.0. The molecule has 20 heavy (non-hydrogen) atoms. The molecule has 1 N–H and O–H groups in total. The van der Waals surface area contributed by atoms with Crippen molar-refractivity contribution in [2.45, 2.75) is 13.8 Å². The number of carbonyl (C=O) groups excluding carboxylic acids is 2. The minimum absolute atomic E-state index is 0.223. The molecule has 0 radical (unpaired) electrons. The fraction of sp³-hybridized carbons (Fsp3) is 0.231. The summed E-state index contributed by atoms with van der Waals surface area (Å²) in [7, 11) is 0. The van der Waals surface area contributed by atoms with Gasteiger partial charge in [0.05, 0.1) is 6.61 Å². The molecule has 7 heteroatoms. The number of fused-ring (bicyclic) bond motifs is 1. The van der Waals surface area contributed by atoms with E-state index in [1.54, 1.807) is 38.4 Å². The zero-order valence-corrected chi connectivity index (χ0v) is 11.2. The van der Waals surface area contributed by atoms with E-state index in [-0.39, 0.29) is 12.3 Å². The van der Waals surface area contributed by atoms with Crippen molar-refractivity contribution in [2.75, 3.05) is 6.61 Å². The van der Waals surface area contributed by atoms with Crippen LogP contribution in [0.25, 0.3) is 5.65 Å². The topological polar surface area (TPSA) is 85.6 Å². The molecule has 0 aromatic carbocycles. The van der Waals surface area contributed by atoms with Crippen molar-refractivity contribution >= 4 is 17.5 Å². The Morgan fingerprint density at radius 1 is 1.50 bits per heavy atom. The smallest absolute Gasteiger partial charge is 0.332 e. The first-order valence-electron chi connectivity index (χ1n) is 6.07. The Bertz CT molecular complexity index is 642. The Morgan fingerprint density at radius 2 is 2.30 bits per heavy atom. The van der Waals surface area contributed by atoms with Crippen LogP contribution in [0, 0.1) is 0 Å². The second-order valence-electron chi connectivity index (χ2n) is 3.99. The first-order valence-corrected chi connectivity index (χ1v) is 6.07. The molecule has 0 aliphatic rings. The number of esters is 1. The summed E-state index contributed by atoms with van der Waals surface area (Å²) >= 11 is 0. The summed E-state index contributed by atoms with van der Waals surface area (Å²) in [6, 6.07) is 3.28. The van der Waals surface area contributed by atoms with Crippen LogP contribution in [0.2, 0.25) is 0 Å². The molecule has 0 atom stereocenters. The third kappa shape index (κ3) is 3.19. The zero-order chi connectivity index (χ0) is 14.5. The van der Waals surface area contributed by atoms with Gasteiger partial charge >= 0.3 is 5.97 Å². The number of amides is 1. The van der Waals surface area contributed by atoms with Crippen LogP contribution in [-0.2, 0) is 9.53 Å². The lowest BCUT2D eigenvalue weighted by atomic mass is 10.3. The average molecular weight is 274 g/mol. The van der Waals surface area contributed by atoms with Crippen molar-refractivity contribution < 1.29 is 14.3 Å². The predicted molar refractivity (Wildman–Crippen MR) is 70.8 cm³/mol. The Morgan fingerprint density at radius 3 is 3.00 bits per heavy atom. The van der Waals surface area contributed by atoms with E-state index in [1.807, 2.05) is 0 Å². The number of aromatic nitrogens is 3. The zero-order valence-electron chi connectivity index (χ0n) is 11.2. The van der Waals surface area contributed by atoms with Gasteiger partial charge in [0.2, 0.25) is 0 Å². The van der Waals surface area contributed by atoms with Crippen molar-refractivity contribution in [1.29, 1.82) is 0 Å². The van der Waals surface area contributed by atoms with E-state index in [2.05, 4.69) is 15.4 Å².